The molecule has 72 heavy (non-hydrogen) atoms. The Labute approximate surface area is 420 Å². The zero-order valence-corrected chi connectivity index (χ0v) is 43.6. The second kappa shape index (κ2) is 19.7. The average molecular weight is 1070 g/mol. The van der Waals surface area contributed by atoms with E-state index in [1.54, 1.807) is 6.07 Å². The Morgan fingerprint density at radius 1 is 0.514 bits per heavy atom. The van der Waals surface area contributed by atoms with Gasteiger partial charge in [-0.2, -0.15) is 0 Å². The zero-order chi connectivity index (χ0) is 51.7. The topological polar surface area (TPSA) is 0 Å². The van der Waals surface area contributed by atoms with Crippen molar-refractivity contribution < 1.29 is 64.8 Å². The van der Waals surface area contributed by atoms with E-state index in [0.717, 1.165) is 44.2 Å². The second-order valence-corrected chi connectivity index (χ2v) is 37.8. The maximum atomic E-state index is 16.6. The molecule has 2 atom stereocenters. The van der Waals surface area contributed by atoms with E-state index in [4.69, 9.17) is 0 Å². The van der Waals surface area contributed by atoms with Gasteiger partial charge in [0.1, 0.15) is 0 Å². The Morgan fingerprint density at radius 3 is 1.54 bits per heavy atom. The minimum atomic E-state index is -3.54. The van der Waals surface area contributed by atoms with Gasteiger partial charge in [-0.3, -0.25) is 0 Å². The van der Waals surface area contributed by atoms with Crippen molar-refractivity contribution >= 4 is 33.9 Å². The summed E-state index contributed by atoms with van der Waals surface area (Å²) < 4.78 is 158. The van der Waals surface area contributed by atoms with Gasteiger partial charge in [0.2, 0.25) is 0 Å². The van der Waals surface area contributed by atoms with Crippen molar-refractivity contribution in [2.24, 2.45) is 0 Å². The number of hydrogen-bond acceptors (Lipinski definition) is 0. The van der Waals surface area contributed by atoms with Crippen LogP contribution in [-0.2, 0) is 20.9 Å². The van der Waals surface area contributed by atoms with E-state index in [0.29, 0.717) is 5.46 Å². The molecule has 2 aliphatic rings. The summed E-state index contributed by atoms with van der Waals surface area (Å²) in [6.45, 7) is 16.4. The first-order valence-corrected chi connectivity index (χ1v) is 32.1. The molecule has 0 aliphatic heterocycles. The normalized spacial score (nSPS) is 16.1. The van der Waals surface area contributed by atoms with E-state index < -0.39 is 106 Å². The van der Waals surface area contributed by atoms with Gasteiger partial charge in [0.15, 0.2) is 0 Å². The van der Waals surface area contributed by atoms with E-state index in [-0.39, 0.29) is 31.5 Å². The summed E-state index contributed by atoms with van der Waals surface area (Å²) in [5, 5.41) is -2.26. The van der Waals surface area contributed by atoms with Crippen molar-refractivity contribution in [3.63, 3.8) is 0 Å². The molecule has 2 unspecified atom stereocenters. The number of halogens is 10. The van der Waals surface area contributed by atoms with Crippen LogP contribution in [0.3, 0.4) is 0 Å². The van der Waals surface area contributed by atoms with Crippen LogP contribution in [0.1, 0.15) is 73.0 Å². The van der Waals surface area contributed by atoms with Gasteiger partial charge in [-0.1, -0.05) is 0 Å². The van der Waals surface area contributed by atoms with E-state index in [1.807, 2.05) is 43.3 Å². The monoisotopic (exact) mass is 1070 g/mol. The fourth-order valence-electron chi connectivity index (χ4n) is 10.7. The number of allylic oxidation sites excluding steroid dienone is 6. The Morgan fingerprint density at radius 2 is 1.00 bits per heavy atom. The van der Waals surface area contributed by atoms with Crippen LogP contribution in [0.25, 0.3) is 45.0 Å². The second-order valence-electron chi connectivity index (χ2n) is 18.4. The van der Waals surface area contributed by atoms with Crippen LogP contribution in [0.15, 0.2) is 153 Å². The molecule has 361 valence electrons. The standard InChI is InChI=1S/C35H18BF10Si.C16H13.C8H13.Zr/c1-15-20(24-28(39)32(43)35(46)33(44)29(24)40)22-19(25(15)36-47(2)17-11-7-4-8-12-17)14-13-18(21(22)16-9-5-3-6-10-16)23-26(37)30(41)34(45)31(42)27(23)38;1-12-10-14-8-5-9-15(16(14)11-12)13-6-3-2-4-7-13;1-5-7(3)8(4)6-2;/h3-14H,1-2H3;2-11H,1H3;5H,1-4H3;. The molecule has 0 radical (unpaired) electrons. The molecule has 0 bridgehead atoms. The minimum absolute atomic E-state index is 0.0596. The molecule has 9 rings (SSSR count). The number of rotatable bonds is 10. The van der Waals surface area contributed by atoms with Crippen molar-refractivity contribution in [3.05, 3.63) is 239 Å². The third-order valence-corrected chi connectivity index (χ3v) is 39.6. The van der Waals surface area contributed by atoms with Crippen LogP contribution in [0.2, 0.25) is 6.55 Å². The summed E-state index contributed by atoms with van der Waals surface area (Å²) in [7, 11) is 0. The molecule has 0 heterocycles. The van der Waals surface area contributed by atoms with Crippen LogP contribution in [-0.4, -0.2) is 17.0 Å². The molecule has 0 aromatic heterocycles. The average Bonchev–Trinajstić information content (AvgIpc) is 3.87. The summed E-state index contributed by atoms with van der Waals surface area (Å²) in [5.41, 5.74) is 4.25. The summed E-state index contributed by atoms with van der Waals surface area (Å²) >= 11 is -3.54. The molecule has 0 fully saturated rings. The molecule has 0 spiro atoms. The first-order chi connectivity index (χ1) is 34.3. The number of hydrogen-bond donors (Lipinski definition) is 0. The molecular weight excluding hydrogens is 1030 g/mol. The van der Waals surface area contributed by atoms with E-state index in [9.17, 15) is 8.78 Å². The van der Waals surface area contributed by atoms with Gasteiger partial charge in [0.25, 0.3) is 0 Å². The Bertz CT molecular complexity index is 3490. The fraction of sp³-hybridized carbons (Fsp3) is 0.136. The van der Waals surface area contributed by atoms with E-state index >= 15 is 35.1 Å². The van der Waals surface area contributed by atoms with Crippen molar-refractivity contribution in [1.29, 1.82) is 0 Å². The maximum absolute atomic E-state index is 16.6. The van der Waals surface area contributed by atoms with Crippen molar-refractivity contribution in [2.75, 3.05) is 0 Å². The van der Waals surface area contributed by atoms with Crippen LogP contribution >= 0.6 is 0 Å². The van der Waals surface area contributed by atoms with Gasteiger partial charge >= 0.3 is 423 Å². The molecular formula is C59H44BF10SiZr. The third-order valence-electron chi connectivity index (χ3n) is 14.5. The Hall–Kier alpha value is -6.17. The summed E-state index contributed by atoms with van der Waals surface area (Å²) in [4.78, 5) is 0. The predicted molar refractivity (Wildman–Crippen MR) is 269 cm³/mol. The molecule has 2 aliphatic carbocycles. The van der Waals surface area contributed by atoms with Crippen molar-refractivity contribution in [1.82, 2.24) is 0 Å². The molecule has 7 aromatic carbocycles. The molecule has 0 N–H and O–H groups in total. The third kappa shape index (κ3) is 8.15. The quantitative estimate of drug-likeness (QED) is 0.0421. The SMILES string of the molecule is CC=C(C)C(C)=[C](C)[Zr]([CH]1C(C)=Cc2c(-c3ccccc3)cccc21)[Si](C)(/B=C1/C(C)=C(c2c(F)c(F)c(F)c(F)c2F)c2c1ccc(-c1c(F)c(F)c(F)c(F)c1F)c2-c1ccccc1)c1ccccc1. The van der Waals surface area contributed by atoms with Crippen LogP contribution in [0, 0.1) is 58.2 Å². The molecule has 13 heteroatoms. The van der Waals surface area contributed by atoms with Gasteiger partial charge in [0, 0.05) is 0 Å². The Balaban J connectivity index is 1.45. The first-order valence-electron chi connectivity index (χ1n) is 23.2. The van der Waals surface area contributed by atoms with Crippen LogP contribution in [0.4, 0.5) is 43.9 Å². The van der Waals surface area contributed by atoms with Crippen molar-refractivity contribution in [2.45, 2.75) is 51.7 Å². The number of benzene rings is 7. The van der Waals surface area contributed by atoms with Gasteiger partial charge in [-0.25, -0.2) is 0 Å². The number of fused-ring (bicyclic) bond motifs is 2. The summed E-state index contributed by atoms with van der Waals surface area (Å²) in [5.74, 6) is -22.4. The Kier molecular flexibility index (Phi) is 13.9. The van der Waals surface area contributed by atoms with Crippen LogP contribution < -0.4 is 5.19 Å². The predicted octanol–water partition coefficient (Wildman–Crippen LogP) is 16.2. The molecule has 0 saturated heterocycles. The van der Waals surface area contributed by atoms with Gasteiger partial charge in [0.05, 0.1) is 0 Å². The molecule has 7 aromatic rings. The molecule has 0 nitrogen and oxygen atoms in total. The summed E-state index contributed by atoms with van der Waals surface area (Å²) in [6.07, 6.45) is 4.31. The molecule has 0 amide bonds. The fourth-order valence-corrected chi connectivity index (χ4v) is 39.1. The zero-order valence-electron chi connectivity index (χ0n) is 40.1. The van der Waals surface area contributed by atoms with Crippen molar-refractivity contribution in [3.8, 4) is 33.4 Å². The van der Waals surface area contributed by atoms with Gasteiger partial charge in [-0.15, -0.1) is 0 Å². The molecule has 0 saturated carbocycles. The van der Waals surface area contributed by atoms with Gasteiger partial charge < -0.3 is 0 Å². The van der Waals surface area contributed by atoms with Crippen LogP contribution in [0.5, 0.6) is 0 Å². The first kappa shape index (κ1) is 50.8. The van der Waals surface area contributed by atoms with E-state index in [1.165, 1.54) is 46.6 Å². The van der Waals surface area contributed by atoms with E-state index in [2.05, 4.69) is 95.4 Å². The van der Waals surface area contributed by atoms with Gasteiger partial charge in [-0.05, 0) is 0 Å². The summed E-state index contributed by atoms with van der Waals surface area (Å²) in [6, 6.07) is 36.4.